The Kier molecular flexibility index (Phi) is 12.6. The molecule has 0 unspecified atom stereocenters. The third kappa shape index (κ3) is 9.98. The monoisotopic (exact) mass is 655 g/mol. The van der Waals surface area contributed by atoms with Crippen molar-refractivity contribution < 1.29 is 18.0 Å². The zero-order valence-corrected chi connectivity index (χ0v) is 27.3. The standard InChI is InChI=1S/C33H42BrN3O4S/c1-5-25(3)35-33(39)31(23-27-12-8-7-9-13-27)36(24-28-14-10-15-29(34)22-28)32(38)16-11-21-37(42(4,40)41)30-19-17-26(6-2)18-20-30/h7-10,12-15,17-20,22,25,31H,5-6,11,16,21,23-24H2,1-4H3,(H,35,39)/t25-,31+/m0/s1. The second kappa shape index (κ2) is 15.9. The molecule has 0 radical (unpaired) electrons. The first-order chi connectivity index (χ1) is 20.0. The lowest BCUT2D eigenvalue weighted by Gasteiger charge is -2.32. The van der Waals surface area contributed by atoms with Crippen LogP contribution in [0, 0.1) is 0 Å². The molecule has 2 amide bonds. The number of hydrogen-bond acceptors (Lipinski definition) is 4. The predicted molar refractivity (Wildman–Crippen MR) is 174 cm³/mol. The van der Waals surface area contributed by atoms with Gasteiger partial charge in [-0.3, -0.25) is 13.9 Å². The molecule has 226 valence electrons. The lowest BCUT2D eigenvalue weighted by atomic mass is 10.0. The maximum atomic E-state index is 13.9. The van der Waals surface area contributed by atoms with Crippen LogP contribution in [0.2, 0.25) is 0 Å². The summed E-state index contributed by atoms with van der Waals surface area (Å²) in [6.45, 7) is 6.40. The lowest BCUT2D eigenvalue weighted by molar-refractivity contribution is -0.141. The van der Waals surface area contributed by atoms with Gasteiger partial charge < -0.3 is 10.2 Å². The molecule has 7 nitrogen and oxygen atoms in total. The largest absolute Gasteiger partial charge is 0.352 e. The van der Waals surface area contributed by atoms with Crippen LogP contribution in [0.4, 0.5) is 5.69 Å². The highest BCUT2D eigenvalue weighted by Gasteiger charge is 2.31. The van der Waals surface area contributed by atoms with Crippen molar-refractivity contribution in [1.82, 2.24) is 10.2 Å². The van der Waals surface area contributed by atoms with Crippen molar-refractivity contribution in [3.05, 3.63) is 100 Å². The molecule has 0 saturated carbocycles. The quantitative estimate of drug-likeness (QED) is 0.214. The third-order valence-corrected chi connectivity index (χ3v) is 8.99. The molecule has 0 spiro atoms. The second-order valence-corrected chi connectivity index (χ2v) is 13.5. The molecule has 0 aromatic heterocycles. The zero-order valence-electron chi connectivity index (χ0n) is 24.9. The van der Waals surface area contributed by atoms with E-state index in [1.54, 1.807) is 17.0 Å². The third-order valence-electron chi connectivity index (χ3n) is 7.30. The summed E-state index contributed by atoms with van der Waals surface area (Å²) in [5, 5.41) is 3.08. The molecule has 1 N–H and O–H groups in total. The first-order valence-electron chi connectivity index (χ1n) is 14.5. The van der Waals surface area contributed by atoms with Gasteiger partial charge in [0.05, 0.1) is 11.9 Å². The Morgan fingerprint density at radius 2 is 1.57 bits per heavy atom. The Hall–Kier alpha value is -3.17. The molecule has 0 aliphatic rings. The first-order valence-corrected chi connectivity index (χ1v) is 17.1. The van der Waals surface area contributed by atoms with Gasteiger partial charge in [-0.15, -0.1) is 0 Å². The van der Waals surface area contributed by atoms with E-state index in [2.05, 4.69) is 21.2 Å². The Labute approximate surface area is 259 Å². The fourth-order valence-corrected chi connectivity index (χ4v) is 6.14. The van der Waals surface area contributed by atoms with Crippen LogP contribution in [-0.2, 0) is 39.0 Å². The fraction of sp³-hybridized carbons (Fsp3) is 0.394. The minimum Gasteiger partial charge on any atom is -0.352 e. The Balaban J connectivity index is 1.88. The number of rotatable bonds is 15. The number of benzene rings is 3. The van der Waals surface area contributed by atoms with E-state index in [9.17, 15) is 18.0 Å². The van der Waals surface area contributed by atoms with E-state index in [1.165, 1.54) is 10.6 Å². The van der Waals surface area contributed by atoms with Gasteiger partial charge in [0.2, 0.25) is 21.8 Å². The summed E-state index contributed by atoms with van der Waals surface area (Å²) in [5.41, 5.74) is 3.53. The van der Waals surface area contributed by atoms with Crippen LogP contribution in [0.15, 0.2) is 83.3 Å². The smallest absolute Gasteiger partial charge is 0.243 e. The summed E-state index contributed by atoms with van der Waals surface area (Å²) >= 11 is 3.51. The van der Waals surface area contributed by atoms with Crippen molar-refractivity contribution in [2.45, 2.75) is 71.5 Å². The van der Waals surface area contributed by atoms with Crippen molar-refractivity contribution in [3.8, 4) is 0 Å². The number of sulfonamides is 1. The average molecular weight is 657 g/mol. The van der Waals surface area contributed by atoms with E-state index in [-0.39, 0.29) is 37.4 Å². The molecule has 3 rings (SSSR count). The number of halogens is 1. The summed E-state index contributed by atoms with van der Waals surface area (Å²) in [7, 11) is -3.56. The molecule has 0 aliphatic heterocycles. The molecular formula is C33H42BrN3O4S. The summed E-state index contributed by atoms with van der Waals surface area (Å²) in [4.78, 5) is 29.3. The van der Waals surface area contributed by atoms with E-state index in [0.717, 1.165) is 34.0 Å². The highest BCUT2D eigenvalue weighted by molar-refractivity contribution is 9.10. The molecule has 0 heterocycles. The molecule has 2 atom stereocenters. The van der Waals surface area contributed by atoms with Crippen molar-refractivity contribution in [1.29, 1.82) is 0 Å². The Morgan fingerprint density at radius 3 is 2.17 bits per heavy atom. The number of nitrogens with one attached hydrogen (secondary N) is 1. The lowest BCUT2D eigenvalue weighted by Crippen LogP contribution is -2.52. The SMILES string of the molecule is CCc1ccc(N(CCCC(=O)N(Cc2cccc(Br)c2)[C@H](Cc2ccccc2)C(=O)N[C@@H](C)CC)S(C)(=O)=O)cc1. The van der Waals surface area contributed by atoms with Gasteiger partial charge in [0.25, 0.3) is 0 Å². The summed E-state index contributed by atoms with van der Waals surface area (Å²) in [5.74, 6) is -0.407. The minimum atomic E-state index is -3.56. The summed E-state index contributed by atoms with van der Waals surface area (Å²) < 4.78 is 27.6. The normalized spacial score (nSPS) is 12.8. The number of nitrogens with zero attached hydrogens (tertiary/aromatic N) is 2. The minimum absolute atomic E-state index is 0.0407. The molecule has 42 heavy (non-hydrogen) atoms. The van der Waals surface area contributed by atoms with Crippen LogP contribution in [-0.4, -0.2) is 50.0 Å². The Bertz CT molecular complexity index is 1410. The van der Waals surface area contributed by atoms with Crippen LogP contribution in [0.3, 0.4) is 0 Å². The van der Waals surface area contributed by atoms with Gasteiger partial charge in [0.1, 0.15) is 6.04 Å². The van der Waals surface area contributed by atoms with Crippen LogP contribution in [0.25, 0.3) is 0 Å². The van der Waals surface area contributed by atoms with Gasteiger partial charge in [-0.05, 0) is 67.1 Å². The van der Waals surface area contributed by atoms with Crippen LogP contribution in [0.1, 0.15) is 56.7 Å². The van der Waals surface area contributed by atoms with E-state index in [4.69, 9.17) is 0 Å². The summed E-state index contributed by atoms with van der Waals surface area (Å²) in [6, 6.07) is 24.0. The fourth-order valence-electron chi connectivity index (χ4n) is 4.73. The van der Waals surface area contributed by atoms with E-state index >= 15 is 0 Å². The van der Waals surface area contributed by atoms with Crippen LogP contribution < -0.4 is 9.62 Å². The van der Waals surface area contributed by atoms with Crippen molar-refractivity contribution in [2.75, 3.05) is 17.1 Å². The average Bonchev–Trinajstić information content (AvgIpc) is 2.97. The van der Waals surface area contributed by atoms with E-state index < -0.39 is 16.1 Å². The number of carbonyl (C=O) groups excluding carboxylic acids is 2. The van der Waals surface area contributed by atoms with Crippen LogP contribution in [0.5, 0.6) is 0 Å². The number of hydrogen-bond donors (Lipinski definition) is 1. The molecule has 0 bridgehead atoms. The molecule has 9 heteroatoms. The molecule has 0 aliphatic carbocycles. The number of anilines is 1. The molecule has 0 fully saturated rings. The predicted octanol–water partition coefficient (Wildman–Crippen LogP) is 6.11. The first kappa shape index (κ1) is 33.3. The number of carbonyl (C=O) groups is 2. The Morgan fingerprint density at radius 1 is 0.905 bits per heavy atom. The highest BCUT2D eigenvalue weighted by atomic mass is 79.9. The van der Waals surface area contributed by atoms with Crippen molar-refractivity contribution in [3.63, 3.8) is 0 Å². The van der Waals surface area contributed by atoms with Gasteiger partial charge in [-0.25, -0.2) is 8.42 Å². The van der Waals surface area contributed by atoms with Gasteiger partial charge >= 0.3 is 0 Å². The second-order valence-electron chi connectivity index (χ2n) is 10.6. The summed E-state index contributed by atoms with van der Waals surface area (Å²) in [6.07, 6.45) is 3.57. The van der Waals surface area contributed by atoms with Gasteiger partial charge in [-0.1, -0.05) is 84.4 Å². The maximum absolute atomic E-state index is 13.9. The van der Waals surface area contributed by atoms with Crippen molar-refractivity contribution >= 4 is 43.5 Å². The molecular weight excluding hydrogens is 614 g/mol. The highest BCUT2D eigenvalue weighted by Crippen LogP contribution is 2.22. The van der Waals surface area contributed by atoms with Crippen molar-refractivity contribution in [2.24, 2.45) is 0 Å². The van der Waals surface area contributed by atoms with E-state index in [0.29, 0.717) is 18.5 Å². The van der Waals surface area contributed by atoms with Gasteiger partial charge in [-0.2, -0.15) is 0 Å². The van der Waals surface area contributed by atoms with Crippen LogP contribution >= 0.6 is 15.9 Å². The number of amides is 2. The topological polar surface area (TPSA) is 86.8 Å². The van der Waals surface area contributed by atoms with E-state index in [1.807, 2.05) is 87.5 Å². The number of aryl methyl sites for hydroxylation is 1. The molecule has 3 aromatic rings. The van der Waals surface area contributed by atoms with Gasteiger partial charge in [0.15, 0.2) is 0 Å². The molecule has 0 saturated heterocycles. The maximum Gasteiger partial charge on any atom is 0.243 e. The molecule has 3 aromatic carbocycles. The zero-order chi connectivity index (χ0) is 30.7. The van der Waals surface area contributed by atoms with Gasteiger partial charge in [0, 0.05) is 36.4 Å².